The minimum Gasteiger partial charge on any atom is -0.338 e. The SMILES string of the molecule is CC(C)c1ncncc1C(=O)N1CC2CCC(N)C2C1.Cl. The Hall–Kier alpha value is -1.20. The minimum atomic E-state index is 0. The first kappa shape index (κ1) is 16.2. The van der Waals surface area contributed by atoms with Crippen LogP contribution in [0, 0.1) is 11.8 Å². The van der Waals surface area contributed by atoms with E-state index in [1.807, 2.05) is 18.7 Å². The molecular weight excluding hydrogens is 288 g/mol. The van der Waals surface area contributed by atoms with Crippen molar-refractivity contribution in [2.75, 3.05) is 13.1 Å². The molecule has 1 aromatic heterocycles. The summed E-state index contributed by atoms with van der Waals surface area (Å²) >= 11 is 0. The van der Waals surface area contributed by atoms with Crippen LogP contribution in [0.3, 0.4) is 0 Å². The van der Waals surface area contributed by atoms with E-state index in [9.17, 15) is 4.79 Å². The summed E-state index contributed by atoms with van der Waals surface area (Å²) in [5.41, 5.74) is 7.62. The number of fused-ring (bicyclic) bond motifs is 1. The van der Waals surface area contributed by atoms with Crippen molar-refractivity contribution in [1.29, 1.82) is 0 Å². The summed E-state index contributed by atoms with van der Waals surface area (Å²) in [5, 5.41) is 0. The molecule has 21 heavy (non-hydrogen) atoms. The highest BCUT2D eigenvalue weighted by Gasteiger charge is 2.42. The lowest BCUT2D eigenvalue weighted by atomic mass is 9.98. The van der Waals surface area contributed by atoms with Gasteiger partial charge in [0.2, 0.25) is 0 Å². The fourth-order valence-corrected chi connectivity index (χ4v) is 3.61. The van der Waals surface area contributed by atoms with E-state index < -0.39 is 0 Å². The summed E-state index contributed by atoms with van der Waals surface area (Å²) in [7, 11) is 0. The molecule has 2 N–H and O–H groups in total. The fourth-order valence-electron chi connectivity index (χ4n) is 3.61. The van der Waals surface area contributed by atoms with Gasteiger partial charge in [-0.1, -0.05) is 13.8 Å². The van der Waals surface area contributed by atoms with E-state index >= 15 is 0 Å². The molecule has 1 amide bonds. The molecule has 1 aromatic rings. The highest BCUT2D eigenvalue weighted by molar-refractivity contribution is 5.95. The number of halogens is 1. The largest absolute Gasteiger partial charge is 0.338 e. The predicted octanol–water partition coefficient (Wildman–Crippen LogP) is 1.83. The number of likely N-dealkylation sites (tertiary alicyclic amines) is 1. The molecule has 116 valence electrons. The molecule has 0 bridgehead atoms. The van der Waals surface area contributed by atoms with Crippen molar-refractivity contribution in [3.63, 3.8) is 0 Å². The second-order valence-corrected chi connectivity index (χ2v) is 6.35. The van der Waals surface area contributed by atoms with Crippen LogP contribution in [0.2, 0.25) is 0 Å². The average molecular weight is 311 g/mol. The predicted molar refractivity (Wildman–Crippen MR) is 83.5 cm³/mol. The van der Waals surface area contributed by atoms with Gasteiger partial charge in [0.1, 0.15) is 6.33 Å². The smallest absolute Gasteiger partial charge is 0.257 e. The van der Waals surface area contributed by atoms with Crippen LogP contribution in [0.25, 0.3) is 0 Å². The Balaban J connectivity index is 0.00000161. The minimum absolute atomic E-state index is 0. The molecule has 1 aliphatic carbocycles. The first-order chi connectivity index (χ1) is 9.58. The summed E-state index contributed by atoms with van der Waals surface area (Å²) in [6, 6.07) is 0.259. The van der Waals surface area contributed by atoms with Crippen molar-refractivity contribution < 1.29 is 4.79 Å². The zero-order valence-corrected chi connectivity index (χ0v) is 13.3. The number of amides is 1. The summed E-state index contributed by atoms with van der Waals surface area (Å²) in [5.74, 6) is 1.35. The third-order valence-corrected chi connectivity index (χ3v) is 4.72. The van der Waals surface area contributed by atoms with E-state index in [1.54, 1.807) is 6.20 Å². The number of nitrogens with zero attached hydrogens (tertiary/aromatic N) is 3. The lowest BCUT2D eigenvalue weighted by Gasteiger charge is -2.20. The molecule has 0 aromatic carbocycles. The molecule has 5 nitrogen and oxygen atoms in total. The number of hydrogen-bond donors (Lipinski definition) is 1. The van der Waals surface area contributed by atoms with Crippen LogP contribution in [0.15, 0.2) is 12.5 Å². The molecule has 1 saturated heterocycles. The molecule has 2 heterocycles. The number of rotatable bonds is 2. The van der Waals surface area contributed by atoms with Gasteiger partial charge in [0.15, 0.2) is 0 Å². The van der Waals surface area contributed by atoms with Gasteiger partial charge in [-0.3, -0.25) is 4.79 Å². The number of aromatic nitrogens is 2. The van der Waals surface area contributed by atoms with Crippen LogP contribution in [0.5, 0.6) is 0 Å². The lowest BCUT2D eigenvalue weighted by molar-refractivity contribution is 0.0777. The van der Waals surface area contributed by atoms with Crippen LogP contribution in [-0.4, -0.2) is 39.9 Å². The Morgan fingerprint density at radius 1 is 1.38 bits per heavy atom. The zero-order chi connectivity index (χ0) is 14.3. The summed E-state index contributed by atoms with van der Waals surface area (Å²) in [4.78, 5) is 23.0. The Labute approximate surface area is 131 Å². The molecular formula is C15H23ClN4O. The van der Waals surface area contributed by atoms with E-state index in [4.69, 9.17) is 5.73 Å². The maximum absolute atomic E-state index is 12.7. The van der Waals surface area contributed by atoms with Gasteiger partial charge in [-0.25, -0.2) is 9.97 Å². The Kier molecular flexibility index (Phi) is 4.84. The highest BCUT2D eigenvalue weighted by Crippen LogP contribution is 2.37. The molecule has 2 fully saturated rings. The maximum Gasteiger partial charge on any atom is 0.257 e. The first-order valence-electron chi connectivity index (χ1n) is 7.42. The van der Waals surface area contributed by atoms with Gasteiger partial charge in [0, 0.05) is 25.3 Å². The second-order valence-electron chi connectivity index (χ2n) is 6.35. The highest BCUT2D eigenvalue weighted by atomic mass is 35.5. The quantitative estimate of drug-likeness (QED) is 0.904. The third-order valence-electron chi connectivity index (χ3n) is 4.72. The molecule has 0 spiro atoms. The Bertz CT molecular complexity index is 522. The van der Waals surface area contributed by atoms with Gasteiger partial charge in [0.05, 0.1) is 11.3 Å². The molecule has 2 aliphatic rings. The number of carbonyl (C=O) groups excluding carboxylic acids is 1. The normalized spacial score (nSPS) is 27.6. The van der Waals surface area contributed by atoms with E-state index in [-0.39, 0.29) is 30.3 Å². The second kappa shape index (κ2) is 6.28. The fraction of sp³-hybridized carbons (Fsp3) is 0.667. The molecule has 0 radical (unpaired) electrons. The topological polar surface area (TPSA) is 72.1 Å². The van der Waals surface area contributed by atoms with Crippen LogP contribution in [0.4, 0.5) is 0 Å². The first-order valence-corrected chi connectivity index (χ1v) is 7.42. The zero-order valence-electron chi connectivity index (χ0n) is 12.5. The summed E-state index contributed by atoms with van der Waals surface area (Å²) < 4.78 is 0. The van der Waals surface area contributed by atoms with E-state index in [2.05, 4.69) is 9.97 Å². The van der Waals surface area contributed by atoms with Crippen molar-refractivity contribution in [3.05, 3.63) is 23.8 Å². The van der Waals surface area contributed by atoms with E-state index in [0.29, 0.717) is 17.4 Å². The van der Waals surface area contributed by atoms with Gasteiger partial charge in [-0.05, 0) is 30.6 Å². The van der Waals surface area contributed by atoms with Gasteiger partial charge in [-0.2, -0.15) is 0 Å². The van der Waals surface area contributed by atoms with E-state index in [0.717, 1.165) is 31.6 Å². The lowest BCUT2D eigenvalue weighted by Crippen LogP contribution is -2.34. The van der Waals surface area contributed by atoms with E-state index in [1.165, 1.54) is 6.33 Å². The molecule has 1 aliphatic heterocycles. The van der Waals surface area contributed by atoms with Crippen molar-refractivity contribution in [2.45, 2.75) is 38.6 Å². The van der Waals surface area contributed by atoms with Gasteiger partial charge in [-0.15, -0.1) is 12.4 Å². The monoisotopic (exact) mass is 310 g/mol. The van der Waals surface area contributed by atoms with Crippen LogP contribution in [0.1, 0.15) is 48.7 Å². The third kappa shape index (κ3) is 2.90. The molecule has 6 heteroatoms. The van der Waals surface area contributed by atoms with Crippen molar-refractivity contribution in [1.82, 2.24) is 14.9 Å². The number of carbonyl (C=O) groups is 1. The van der Waals surface area contributed by atoms with Crippen LogP contribution in [-0.2, 0) is 0 Å². The molecule has 3 rings (SSSR count). The maximum atomic E-state index is 12.7. The van der Waals surface area contributed by atoms with Gasteiger partial charge in [0.25, 0.3) is 5.91 Å². The van der Waals surface area contributed by atoms with Crippen LogP contribution >= 0.6 is 12.4 Å². The molecule has 3 atom stereocenters. The Morgan fingerprint density at radius 3 is 2.81 bits per heavy atom. The van der Waals surface area contributed by atoms with Crippen molar-refractivity contribution in [2.24, 2.45) is 17.6 Å². The summed E-state index contributed by atoms with van der Waals surface area (Å²) in [6.45, 7) is 5.72. The summed E-state index contributed by atoms with van der Waals surface area (Å²) in [6.07, 6.45) is 5.42. The molecule has 3 unspecified atom stereocenters. The average Bonchev–Trinajstić information content (AvgIpc) is 3.00. The number of hydrogen-bond acceptors (Lipinski definition) is 4. The molecule has 1 saturated carbocycles. The van der Waals surface area contributed by atoms with Crippen LogP contribution < -0.4 is 5.73 Å². The van der Waals surface area contributed by atoms with Crippen molar-refractivity contribution >= 4 is 18.3 Å². The van der Waals surface area contributed by atoms with Gasteiger partial charge >= 0.3 is 0 Å². The van der Waals surface area contributed by atoms with Crippen molar-refractivity contribution in [3.8, 4) is 0 Å². The Morgan fingerprint density at radius 2 is 2.14 bits per heavy atom. The van der Waals surface area contributed by atoms with Gasteiger partial charge < -0.3 is 10.6 Å². The number of nitrogens with two attached hydrogens (primary N) is 1. The standard InChI is InChI=1S/C15H22N4O.ClH/c1-9(2)14-11(5-17-8-18-14)15(20)19-6-10-3-4-13(16)12(10)7-19;/h5,8-10,12-13H,3-4,6-7,16H2,1-2H3;1H.